The smallest absolute Gasteiger partial charge is 0.191 e. The van der Waals surface area contributed by atoms with Crippen LogP contribution < -0.4 is 15.5 Å². The number of aromatic nitrogens is 1. The predicted octanol–water partition coefficient (Wildman–Crippen LogP) is 3.82. The molecule has 142 valence electrons. The molecule has 2 aromatic rings. The molecule has 1 aliphatic rings. The molecule has 3 rings (SSSR count). The van der Waals surface area contributed by atoms with Crippen LogP contribution in [-0.2, 0) is 6.42 Å². The molecular formula is C18H25BrIN5S. The number of thiazole rings is 1. The van der Waals surface area contributed by atoms with Gasteiger partial charge < -0.3 is 15.5 Å². The largest absolute Gasteiger partial charge is 0.368 e. The summed E-state index contributed by atoms with van der Waals surface area (Å²) in [6, 6.07) is 8.79. The minimum Gasteiger partial charge on any atom is -0.368 e. The molecular weight excluding hydrogens is 525 g/mol. The molecule has 1 aromatic heterocycles. The number of nitrogens with one attached hydrogen (secondary N) is 2. The van der Waals surface area contributed by atoms with Gasteiger partial charge in [0.25, 0.3) is 0 Å². The molecule has 1 aliphatic heterocycles. The van der Waals surface area contributed by atoms with Gasteiger partial charge in [-0.15, -0.1) is 35.3 Å². The molecule has 26 heavy (non-hydrogen) atoms. The van der Waals surface area contributed by atoms with Gasteiger partial charge in [-0.05, 0) is 41.4 Å². The van der Waals surface area contributed by atoms with E-state index in [2.05, 4.69) is 71.1 Å². The van der Waals surface area contributed by atoms with Crippen LogP contribution in [0.4, 0.5) is 5.69 Å². The number of hydrogen-bond donors (Lipinski definition) is 2. The normalized spacial score (nSPS) is 17.1. The second-order valence-electron chi connectivity index (χ2n) is 6.13. The van der Waals surface area contributed by atoms with Gasteiger partial charge in [-0.2, -0.15) is 0 Å². The van der Waals surface area contributed by atoms with Gasteiger partial charge in [0.05, 0.1) is 16.4 Å². The van der Waals surface area contributed by atoms with Gasteiger partial charge in [0.15, 0.2) is 5.96 Å². The predicted molar refractivity (Wildman–Crippen MR) is 125 cm³/mol. The molecule has 1 saturated heterocycles. The highest BCUT2D eigenvalue weighted by Crippen LogP contribution is 2.28. The Morgan fingerprint density at radius 2 is 2.23 bits per heavy atom. The monoisotopic (exact) mass is 549 g/mol. The van der Waals surface area contributed by atoms with E-state index in [4.69, 9.17) is 0 Å². The number of benzene rings is 1. The Labute approximate surface area is 184 Å². The minimum atomic E-state index is 0. The zero-order valence-corrected chi connectivity index (χ0v) is 19.8. The maximum absolute atomic E-state index is 4.50. The third kappa shape index (κ3) is 5.82. The van der Waals surface area contributed by atoms with E-state index in [1.54, 1.807) is 11.3 Å². The first kappa shape index (κ1) is 21.4. The van der Waals surface area contributed by atoms with Gasteiger partial charge in [0.2, 0.25) is 0 Å². The van der Waals surface area contributed by atoms with Crippen molar-refractivity contribution in [3.05, 3.63) is 44.8 Å². The molecule has 1 atom stereocenters. The van der Waals surface area contributed by atoms with E-state index < -0.39 is 0 Å². The highest BCUT2D eigenvalue weighted by molar-refractivity contribution is 14.0. The zero-order chi connectivity index (χ0) is 17.6. The molecule has 0 radical (unpaired) electrons. The van der Waals surface area contributed by atoms with Crippen molar-refractivity contribution in [2.45, 2.75) is 25.8 Å². The number of aliphatic imine (C=N–C) groups is 1. The summed E-state index contributed by atoms with van der Waals surface area (Å²) in [6.45, 7) is 4.91. The molecule has 2 heterocycles. The van der Waals surface area contributed by atoms with Gasteiger partial charge in [0, 0.05) is 49.0 Å². The number of para-hydroxylation sites is 1. The maximum Gasteiger partial charge on any atom is 0.191 e. The van der Waals surface area contributed by atoms with E-state index in [1.807, 2.05) is 14.0 Å². The third-order valence-corrected chi connectivity index (χ3v) is 5.78. The standard InChI is InChI=1S/C18H24BrN5S.HI/c1-13-22-15(12-25-13)7-9-21-18(20-2)23-14-8-10-24(11-14)17-6-4-3-5-16(17)19;/h3-6,12,14H,7-11H2,1-2H3,(H2,20,21,23);1H. The minimum absolute atomic E-state index is 0. The summed E-state index contributed by atoms with van der Waals surface area (Å²) in [5, 5.41) is 10.2. The molecule has 0 aliphatic carbocycles. The van der Waals surface area contributed by atoms with Crippen LogP contribution in [0.15, 0.2) is 39.1 Å². The van der Waals surface area contributed by atoms with Crippen molar-refractivity contribution < 1.29 is 0 Å². The van der Waals surface area contributed by atoms with Gasteiger partial charge in [-0.3, -0.25) is 4.99 Å². The van der Waals surface area contributed by atoms with E-state index in [0.717, 1.165) is 53.6 Å². The molecule has 0 saturated carbocycles. The molecule has 0 amide bonds. The average Bonchev–Trinajstić information content (AvgIpc) is 3.23. The van der Waals surface area contributed by atoms with Crippen LogP contribution in [0.5, 0.6) is 0 Å². The summed E-state index contributed by atoms with van der Waals surface area (Å²) in [4.78, 5) is 11.3. The number of rotatable bonds is 5. The van der Waals surface area contributed by atoms with Crippen molar-refractivity contribution in [1.29, 1.82) is 0 Å². The number of halogens is 2. The topological polar surface area (TPSA) is 52.6 Å². The van der Waals surface area contributed by atoms with Gasteiger partial charge in [-0.1, -0.05) is 12.1 Å². The second-order valence-corrected chi connectivity index (χ2v) is 8.05. The Bertz CT molecular complexity index is 736. The fourth-order valence-corrected chi connectivity index (χ4v) is 4.21. The van der Waals surface area contributed by atoms with E-state index in [-0.39, 0.29) is 24.0 Å². The average molecular weight is 550 g/mol. The number of guanidine groups is 1. The summed E-state index contributed by atoms with van der Waals surface area (Å²) in [5.41, 5.74) is 2.40. The van der Waals surface area contributed by atoms with Crippen molar-refractivity contribution in [3.63, 3.8) is 0 Å². The summed E-state index contributed by atoms with van der Waals surface area (Å²) in [5.74, 6) is 0.867. The summed E-state index contributed by atoms with van der Waals surface area (Å²) < 4.78 is 1.15. The lowest BCUT2D eigenvalue weighted by molar-refractivity contribution is 0.647. The molecule has 1 fully saturated rings. The Kier molecular flexibility index (Phi) is 8.62. The number of aryl methyl sites for hydroxylation is 1. The fourth-order valence-electron chi connectivity index (χ4n) is 3.03. The molecule has 0 spiro atoms. The lowest BCUT2D eigenvalue weighted by atomic mass is 10.2. The molecule has 1 unspecified atom stereocenters. The first-order chi connectivity index (χ1) is 12.2. The van der Waals surface area contributed by atoms with Crippen molar-refractivity contribution in [1.82, 2.24) is 15.6 Å². The van der Waals surface area contributed by atoms with Crippen molar-refractivity contribution in [2.24, 2.45) is 4.99 Å². The van der Waals surface area contributed by atoms with E-state index in [9.17, 15) is 0 Å². The second kappa shape index (κ2) is 10.5. The Balaban J connectivity index is 0.00000243. The molecule has 2 N–H and O–H groups in total. The van der Waals surface area contributed by atoms with E-state index in [0.29, 0.717) is 6.04 Å². The Morgan fingerprint density at radius 1 is 1.42 bits per heavy atom. The molecule has 8 heteroatoms. The lowest BCUT2D eigenvalue weighted by Gasteiger charge is -2.21. The molecule has 1 aromatic carbocycles. The quantitative estimate of drug-likeness (QED) is 0.338. The van der Waals surface area contributed by atoms with Crippen molar-refractivity contribution >= 4 is 62.9 Å². The van der Waals surface area contributed by atoms with Crippen LogP contribution in [-0.4, -0.2) is 43.7 Å². The first-order valence-electron chi connectivity index (χ1n) is 8.53. The highest BCUT2D eigenvalue weighted by atomic mass is 127. The molecule has 5 nitrogen and oxygen atoms in total. The Hall–Kier alpha value is -0.870. The summed E-state index contributed by atoms with van der Waals surface area (Å²) in [7, 11) is 1.82. The van der Waals surface area contributed by atoms with Crippen LogP contribution in [0.1, 0.15) is 17.1 Å². The van der Waals surface area contributed by atoms with Crippen molar-refractivity contribution in [2.75, 3.05) is 31.6 Å². The van der Waals surface area contributed by atoms with Crippen LogP contribution in [0, 0.1) is 6.92 Å². The number of anilines is 1. The van der Waals surface area contributed by atoms with Gasteiger partial charge >= 0.3 is 0 Å². The van der Waals surface area contributed by atoms with Crippen molar-refractivity contribution in [3.8, 4) is 0 Å². The van der Waals surface area contributed by atoms with Crippen LogP contribution in [0.2, 0.25) is 0 Å². The van der Waals surface area contributed by atoms with Gasteiger partial charge in [-0.25, -0.2) is 4.98 Å². The Morgan fingerprint density at radius 3 is 2.92 bits per heavy atom. The fraction of sp³-hybridized carbons (Fsp3) is 0.444. The van der Waals surface area contributed by atoms with Crippen LogP contribution in [0.3, 0.4) is 0 Å². The molecule has 0 bridgehead atoms. The van der Waals surface area contributed by atoms with Crippen LogP contribution in [0.25, 0.3) is 0 Å². The van der Waals surface area contributed by atoms with E-state index >= 15 is 0 Å². The van der Waals surface area contributed by atoms with Crippen LogP contribution >= 0.6 is 51.2 Å². The van der Waals surface area contributed by atoms with Gasteiger partial charge in [0.1, 0.15) is 0 Å². The highest BCUT2D eigenvalue weighted by Gasteiger charge is 2.24. The lowest BCUT2D eigenvalue weighted by Crippen LogP contribution is -2.45. The van der Waals surface area contributed by atoms with E-state index in [1.165, 1.54) is 5.69 Å². The first-order valence-corrected chi connectivity index (χ1v) is 10.2. The maximum atomic E-state index is 4.50. The number of nitrogens with zero attached hydrogens (tertiary/aromatic N) is 3. The third-order valence-electron chi connectivity index (χ3n) is 4.29. The SMILES string of the molecule is CN=C(NCCc1csc(C)n1)NC1CCN(c2ccccc2Br)C1.I. The zero-order valence-electron chi connectivity index (χ0n) is 15.0. The summed E-state index contributed by atoms with van der Waals surface area (Å²) >= 11 is 5.35. The number of hydrogen-bond acceptors (Lipinski definition) is 4. The summed E-state index contributed by atoms with van der Waals surface area (Å²) in [6.07, 6.45) is 2.02.